The molecule has 10 nitrogen and oxygen atoms in total. The van der Waals surface area contributed by atoms with Gasteiger partial charge >= 0.3 is 11.9 Å². The van der Waals surface area contributed by atoms with Crippen molar-refractivity contribution in [3.63, 3.8) is 0 Å². The summed E-state index contributed by atoms with van der Waals surface area (Å²) >= 11 is 0. The predicted octanol–water partition coefficient (Wildman–Crippen LogP) is 0.861. The lowest BCUT2D eigenvalue weighted by molar-refractivity contribution is -0.402. The Labute approximate surface area is 104 Å². The van der Waals surface area contributed by atoms with Gasteiger partial charge in [-0.15, -0.1) is 0 Å². The summed E-state index contributed by atoms with van der Waals surface area (Å²) in [6, 6.07) is 3.25. The third kappa shape index (κ3) is 2.57. The number of nitrogens with one attached hydrogen (secondary N) is 2. The number of hydrogen-bond donors (Lipinski definition) is 3. The number of hydrogen-bond acceptors (Lipinski definition) is 6. The summed E-state index contributed by atoms with van der Waals surface area (Å²) in [7, 11) is 0. The van der Waals surface area contributed by atoms with E-state index < -0.39 is 22.7 Å². The molecule has 0 aliphatic carbocycles. The maximum atomic E-state index is 11.6. The van der Waals surface area contributed by atoms with E-state index in [0.717, 1.165) is 18.2 Å². The van der Waals surface area contributed by atoms with E-state index in [2.05, 4.69) is 19.9 Å². The number of H-pyrrole nitrogens is 1. The molecule has 3 N–H and O–H groups in total. The molecular weight excluding hydrogens is 260 g/mol. The number of nitro groups is 1. The second-order valence-electron chi connectivity index (χ2n) is 3.32. The minimum atomic E-state index is -1.23. The number of carbonyl (C=O) groups is 2. The largest absolute Gasteiger partial charge is 0.477 e. The molecule has 2 aromatic heterocycles. The summed E-state index contributed by atoms with van der Waals surface area (Å²) in [6.45, 7) is 0. The first-order valence-corrected chi connectivity index (χ1v) is 4.81. The maximum Gasteiger partial charge on any atom is 0.433 e. The van der Waals surface area contributed by atoms with Crippen LogP contribution in [-0.4, -0.2) is 32.1 Å². The molecule has 98 valence electrons. The zero-order valence-electron chi connectivity index (χ0n) is 9.11. The van der Waals surface area contributed by atoms with Gasteiger partial charge in [0.15, 0.2) is 11.6 Å². The molecule has 0 aromatic carbocycles. The zero-order chi connectivity index (χ0) is 14.0. The van der Waals surface area contributed by atoms with Crippen LogP contribution in [0.5, 0.6) is 0 Å². The molecule has 0 saturated carbocycles. The fraction of sp³-hybridized carbons (Fsp3) is 0. The Balaban J connectivity index is 2.11. The number of aromatic nitrogens is 2. The highest BCUT2D eigenvalue weighted by atomic mass is 16.6. The van der Waals surface area contributed by atoms with E-state index in [-0.39, 0.29) is 17.3 Å². The minimum Gasteiger partial charge on any atom is -0.477 e. The Kier molecular flexibility index (Phi) is 2.98. The van der Waals surface area contributed by atoms with Gasteiger partial charge in [0.1, 0.15) is 10.6 Å². The first-order valence-electron chi connectivity index (χ1n) is 4.81. The van der Waals surface area contributed by atoms with Crippen LogP contribution < -0.4 is 5.32 Å². The number of carboxylic acid groups (broad SMARTS) is 1. The summed E-state index contributed by atoms with van der Waals surface area (Å²) < 4.78 is 4.67. The first kappa shape index (κ1) is 12.3. The third-order valence-electron chi connectivity index (χ3n) is 2.05. The summed E-state index contributed by atoms with van der Waals surface area (Å²) in [5.41, 5.74) is -0.208. The smallest absolute Gasteiger partial charge is 0.433 e. The Bertz CT molecular complexity index is 657. The topological polar surface area (TPSA) is 151 Å². The van der Waals surface area contributed by atoms with Crippen molar-refractivity contribution in [3.05, 3.63) is 39.8 Å². The average molecular weight is 266 g/mol. The lowest BCUT2D eigenvalue weighted by atomic mass is 10.4. The number of anilines is 1. The van der Waals surface area contributed by atoms with Gasteiger partial charge in [-0.3, -0.25) is 20.0 Å². The number of amides is 1. The van der Waals surface area contributed by atoms with Crippen molar-refractivity contribution in [2.75, 3.05) is 5.32 Å². The van der Waals surface area contributed by atoms with Gasteiger partial charge in [-0.1, -0.05) is 0 Å². The molecule has 0 fully saturated rings. The normalized spacial score (nSPS) is 10.1. The van der Waals surface area contributed by atoms with E-state index in [9.17, 15) is 19.7 Å². The number of aromatic carboxylic acids is 1. The Morgan fingerprint density at radius 2 is 2.21 bits per heavy atom. The van der Waals surface area contributed by atoms with Gasteiger partial charge in [0.05, 0.1) is 6.07 Å². The first-order chi connectivity index (χ1) is 8.97. The number of carboxylic acids is 1. The number of nitrogens with zero attached hydrogens (tertiary/aromatic N) is 2. The summed E-state index contributed by atoms with van der Waals surface area (Å²) in [5, 5.41) is 26.9. The van der Waals surface area contributed by atoms with E-state index in [1.807, 2.05) is 0 Å². The molecule has 2 heterocycles. The van der Waals surface area contributed by atoms with Crippen LogP contribution in [-0.2, 0) is 0 Å². The van der Waals surface area contributed by atoms with Crippen LogP contribution in [0, 0.1) is 10.1 Å². The lowest BCUT2D eigenvalue weighted by Gasteiger charge is -1.96. The standard InChI is InChI=1S/C9H6N4O6/c14-8(5-1-2-7(19-5)13(17)18)10-6-3-4(9(15)16)11-12-6/h1-3H,(H,15,16)(H2,10,11,12,14). The monoisotopic (exact) mass is 266 g/mol. The van der Waals surface area contributed by atoms with Crippen LogP contribution in [0.4, 0.5) is 11.7 Å². The number of furan rings is 1. The highest BCUT2D eigenvalue weighted by molar-refractivity contribution is 6.02. The van der Waals surface area contributed by atoms with Crippen LogP contribution in [0.15, 0.2) is 22.6 Å². The molecule has 0 saturated heterocycles. The molecule has 0 spiro atoms. The molecule has 2 rings (SSSR count). The van der Waals surface area contributed by atoms with Gasteiger partial charge in [0, 0.05) is 6.07 Å². The van der Waals surface area contributed by atoms with E-state index in [0.29, 0.717) is 0 Å². The van der Waals surface area contributed by atoms with Gasteiger partial charge in [-0.25, -0.2) is 4.79 Å². The molecule has 0 bridgehead atoms. The van der Waals surface area contributed by atoms with Crippen LogP contribution in [0.25, 0.3) is 0 Å². The van der Waals surface area contributed by atoms with Crippen molar-refractivity contribution in [3.8, 4) is 0 Å². The van der Waals surface area contributed by atoms with Crippen molar-refractivity contribution in [1.82, 2.24) is 10.2 Å². The highest BCUT2D eigenvalue weighted by Gasteiger charge is 2.18. The third-order valence-corrected chi connectivity index (χ3v) is 2.05. The van der Waals surface area contributed by atoms with Crippen LogP contribution in [0.2, 0.25) is 0 Å². The van der Waals surface area contributed by atoms with E-state index >= 15 is 0 Å². The Morgan fingerprint density at radius 1 is 1.47 bits per heavy atom. The van der Waals surface area contributed by atoms with E-state index in [4.69, 9.17) is 5.11 Å². The molecule has 0 unspecified atom stereocenters. The van der Waals surface area contributed by atoms with Crippen molar-refractivity contribution in [2.24, 2.45) is 0 Å². The quantitative estimate of drug-likeness (QED) is 0.548. The minimum absolute atomic E-state index is 0.0403. The second-order valence-corrected chi connectivity index (χ2v) is 3.32. The number of rotatable bonds is 4. The Hall–Kier alpha value is -3.17. The van der Waals surface area contributed by atoms with Crippen molar-refractivity contribution in [2.45, 2.75) is 0 Å². The number of aromatic amines is 1. The van der Waals surface area contributed by atoms with Crippen LogP contribution >= 0.6 is 0 Å². The van der Waals surface area contributed by atoms with E-state index in [1.165, 1.54) is 0 Å². The molecule has 0 aliphatic rings. The summed E-state index contributed by atoms with van der Waals surface area (Å²) in [4.78, 5) is 31.8. The van der Waals surface area contributed by atoms with Gasteiger partial charge in [0.25, 0.3) is 5.91 Å². The van der Waals surface area contributed by atoms with Crippen LogP contribution in [0.1, 0.15) is 21.0 Å². The molecule has 1 amide bonds. The fourth-order valence-corrected chi connectivity index (χ4v) is 1.22. The molecule has 2 aromatic rings. The van der Waals surface area contributed by atoms with Crippen molar-refractivity contribution < 1.29 is 24.0 Å². The molecule has 0 atom stereocenters. The van der Waals surface area contributed by atoms with Gasteiger partial charge in [-0.05, 0) is 6.07 Å². The molecule has 0 radical (unpaired) electrons. The van der Waals surface area contributed by atoms with Gasteiger partial charge < -0.3 is 14.8 Å². The highest BCUT2D eigenvalue weighted by Crippen LogP contribution is 2.16. The lowest BCUT2D eigenvalue weighted by Crippen LogP contribution is -2.11. The van der Waals surface area contributed by atoms with Gasteiger partial charge in [-0.2, -0.15) is 5.10 Å². The maximum absolute atomic E-state index is 11.6. The summed E-state index contributed by atoms with van der Waals surface area (Å²) in [5.74, 6) is -2.91. The predicted molar refractivity (Wildman–Crippen MR) is 58.9 cm³/mol. The molecular formula is C9H6N4O6. The molecule has 19 heavy (non-hydrogen) atoms. The van der Waals surface area contributed by atoms with E-state index in [1.54, 1.807) is 0 Å². The zero-order valence-corrected chi connectivity index (χ0v) is 9.11. The van der Waals surface area contributed by atoms with Crippen molar-refractivity contribution >= 4 is 23.6 Å². The number of carbonyl (C=O) groups excluding carboxylic acids is 1. The van der Waals surface area contributed by atoms with Crippen LogP contribution in [0.3, 0.4) is 0 Å². The van der Waals surface area contributed by atoms with Crippen molar-refractivity contribution in [1.29, 1.82) is 0 Å². The SMILES string of the molecule is O=C(O)c1cc(NC(=O)c2ccc([N+](=O)[O-])o2)n[nH]1. The van der Waals surface area contributed by atoms with Gasteiger partial charge in [0.2, 0.25) is 0 Å². The second kappa shape index (κ2) is 4.60. The molecule has 0 aliphatic heterocycles. The average Bonchev–Trinajstić information content (AvgIpc) is 2.96. The fourth-order valence-electron chi connectivity index (χ4n) is 1.22. The summed E-state index contributed by atoms with van der Waals surface area (Å²) in [6.07, 6.45) is 0. The molecule has 10 heteroatoms. The Morgan fingerprint density at radius 3 is 2.74 bits per heavy atom.